The van der Waals surface area contributed by atoms with E-state index in [0.717, 1.165) is 16.9 Å². The molecule has 0 unspecified atom stereocenters. The molecule has 6 heteroatoms. The second kappa shape index (κ2) is 6.49. The molecule has 0 aliphatic rings. The van der Waals surface area contributed by atoms with Gasteiger partial charge in [-0.2, -0.15) is 0 Å². The summed E-state index contributed by atoms with van der Waals surface area (Å²) in [6.07, 6.45) is 0.757. The van der Waals surface area contributed by atoms with Crippen molar-refractivity contribution in [2.24, 2.45) is 0 Å². The fourth-order valence-electron chi connectivity index (χ4n) is 1.86. The Hall–Kier alpha value is -2.21. The van der Waals surface area contributed by atoms with E-state index in [1.807, 2.05) is 0 Å². The maximum Gasteiger partial charge on any atom is 0.346 e. The highest BCUT2D eigenvalue weighted by Crippen LogP contribution is 2.26. The molecule has 110 valence electrons. The van der Waals surface area contributed by atoms with Gasteiger partial charge in [-0.1, -0.05) is 12.1 Å². The van der Waals surface area contributed by atoms with E-state index in [0.29, 0.717) is 17.0 Å². The molecule has 2 N–H and O–H groups in total. The van der Waals surface area contributed by atoms with E-state index >= 15 is 0 Å². The Balaban J connectivity index is 1.91. The fraction of sp³-hybridized carbons (Fsp3) is 0.200. The zero-order valence-electron chi connectivity index (χ0n) is 11.4. The van der Waals surface area contributed by atoms with Gasteiger partial charge in [-0.05, 0) is 42.7 Å². The van der Waals surface area contributed by atoms with Gasteiger partial charge in [0.1, 0.15) is 10.7 Å². The number of amides is 1. The molecule has 2 aromatic rings. The lowest BCUT2D eigenvalue weighted by Gasteiger charge is -2.03. The average Bonchev–Trinajstić information content (AvgIpc) is 2.79. The minimum absolute atomic E-state index is 0.197. The number of anilines is 1. The Kier molecular flexibility index (Phi) is 4.70. The van der Waals surface area contributed by atoms with Crippen LogP contribution in [0.5, 0.6) is 0 Å². The Morgan fingerprint density at radius 2 is 1.95 bits per heavy atom. The van der Waals surface area contributed by atoms with Gasteiger partial charge in [0.2, 0.25) is 5.91 Å². The largest absolute Gasteiger partial charge is 0.477 e. The number of benzene rings is 1. The van der Waals surface area contributed by atoms with E-state index in [1.54, 1.807) is 25.1 Å². The third kappa shape index (κ3) is 4.13. The summed E-state index contributed by atoms with van der Waals surface area (Å²) in [6.45, 7) is 1.69. The van der Waals surface area contributed by atoms with Crippen LogP contribution < -0.4 is 5.32 Å². The summed E-state index contributed by atoms with van der Waals surface area (Å²) < 4.78 is 12.8. The van der Waals surface area contributed by atoms with Crippen molar-refractivity contribution >= 4 is 28.2 Å². The molecule has 0 radical (unpaired) electrons. The van der Waals surface area contributed by atoms with Crippen molar-refractivity contribution in [1.29, 1.82) is 0 Å². The molecule has 1 aromatic carbocycles. The third-order valence-corrected chi connectivity index (χ3v) is 4.07. The maximum atomic E-state index is 12.8. The molecular formula is C15H14FNO3S. The van der Waals surface area contributed by atoms with Gasteiger partial charge in [0.15, 0.2) is 0 Å². The third-order valence-electron chi connectivity index (χ3n) is 2.93. The van der Waals surface area contributed by atoms with Crippen molar-refractivity contribution in [2.45, 2.75) is 19.8 Å². The second-order valence-corrected chi connectivity index (χ2v) is 5.65. The van der Waals surface area contributed by atoms with E-state index in [-0.39, 0.29) is 23.0 Å². The minimum atomic E-state index is -0.996. The van der Waals surface area contributed by atoms with Crippen molar-refractivity contribution in [2.75, 3.05) is 5.32 Å². The lowest BCUT2D eigenvalue weighted by atomic mass is 10.1. The molecule has 4 nitrogen and oxygen atoms in total. The minimum Gasteiger partial charge on any atom is -0.477 e. The van der Waals surface area contributed by atoms with E-state index < -0.39 is 5.97 Å². The summed E-state index contributed by atoms with van der Waals surface area (Å²) >= 11 is 1.04. The first-order valence-electron chi connectivity index (χ1n) is 6.33. The van der Waals surface area contributed by atoms with Crippen LogP contribution in [-0.4, -0.2) is 17.0 Å². The highest BCUT2D eigenvalue weighted by atomic mass is 32.1. The molecule has 0 saturated heterocycles. The van der Waals surface area contributed by atoms with Crippen molar-refractivity contribution in [3.8, 4) is 0 Å². The van der Waals surface area contributed by atoms with Crippen LogP contribution >= 0.6 is 11.3 Å². The lowest BCUT2D eigenvalue weighted by molar-refractivity contribution is -0.116. The van der Waals surface area contributed by atoms with Crippen LogP contribution in [-0.2, 0) is 11.2 Å². The predicted octanol–water partition coefficient (Wildman–Crippen LogP) is 3.47. The van der Waals surface area contributed by atoms with Gasteiger partial charge in [0, 0.05) is 6.42 Å². The molecule has 1 amide bonds. The zero-order valence-corrected chi connectivity index (χ0v) is 12.2. The number of hydrogen-bond donors (Lipinski definition) is 2. The number of carboxylic acids is 1. The zero-order chi connectivity index (χ0) is 15.4. The standard InChI is InChI=1S/C15H14FNO3S/c1-9-8-13(21-14(9)15(19)20)17-12(18)7-4-10-2-5-11(16)6-3-10/h2-3,5-6,8H,4,7H2,1H3,(H,17,18)(H,19,20). The first-order chi connectivity index (χ1) is 9.95. The van der Waals surface area contributed by atoms with Crippen molar-refractivity contribution in [1.82, 2.24) is 0 Å². The molecule has 0 saturated carbocycles. The van der Waals surface area contributed by atoms with Crippen LogP contribution in [0.25, 0.3) is 0 Å². The van der Waals surface area contributed by atoms with E-state index in [4.69, 9.17) is 5.11 Å². The Labute approximate surface area is 125 Å². The van der Waals surface area contributed by atoms with Gasteiger partial charge in [0.25, 0.3) is 0 Å². The predicted molar refractivity (Wildman–Crippen MR) is 79.4 cm³/mol. The monoisotopic (exact) mass is 307 g/mol. The average molecular weight is 307 g/mol. The summed E-state index contributed by atoms with van der Waals surface area (Å²) in [5.74, 6) is -1.50. The van der Waals surface area contributed by atoms with E-state index in [1.165, 1.54) is 12.1 Å². The Morgan fingerprint density at radius 3 is 2.52 bits per heavy atom. The molecule has 1 heterocycles. The van der Waals surface area contributed by atoms with Crippen molar-refractivity contribution < 1.29 is 19.1 Å². The van der Waals surface area contributed by atoms with Crippen LogP contribution in [0.4, 0.5) is 9.39 Å². The normalized spacial score (nSPS) is 10.4. The number of halogens is 1. The van der Waals surface area contributed by atoms with Gasteiger partial charge < -0.3 is 10.4 Å². The molecule has 0 aliphatic carbocycles. The van der Waals surface area contributed by atoms with E-state index in [9.17, 15) is 14.0 Å². The number of aryl methyl sites for hydroxylation is 2. The van der Waals surface area contributed by atoms with Gasteiger partial charge in [-0.3, -0.25) is 4.79 Å². The highest BCUT2D eigenvalue weighted by molar-refractivity contribution is 7.18. The van der Waals surface area contributed by atoms with Crippen LogP contribution in [0, 0.1) is 12.7 Å². The second-order valence-electron chi connectivity index (χ2n) is 4.60. The molecule has 0 spiro atoms. The molecular weight excluding hydrogens is 293 g/mol. The van der Waals surface area contributed by atoms with Gasteiger partial charge in [0.05, 0.1) is 5.00 Å². The lowest BCUT2D eigenvalue weighted by Crippen LogP contribution is -2.11. The quantitative estimate of drug-likeness (QED) is 0.889. The van der Waals surface area contributed by atoms with Gasteiger partial charge >= 0.3 is 5.97 Å². The summed E-state index contributed by atoms with van der Waals surface area (Å²) in [5, 5.41) is 12.2. The molecule has 2 rings (SSSR count). The fourth-order valence-corrected chi connectivity index (χ4v) is 2.79. The molecule has 0 fully saturated rings. The van der Waals surface area contributed by atoms with Gasteiger partial charge in [-0.15, -0.1) is 11.3 Å². The number of rotatable bonds is 5. The van der Waals surface area contributed by atoms with Crippen LogP contribution in [0.1, 0.15) is 27.2 Å². The maximum absolute atomic E-state index is 12.8. The molecule has 0 aliphatic heterocycles. The number of thiophene rings is 1. The Morgan fingerprint density at radius 1 is 1.29 bits per heavy atom. The van der Waals surface area contributed by atoms with Crippen LogP contribution in [0.2, 0.25) is 0 Å². The smallest absolute Gasteiger partial charge is 0.346 e. The molecule has 0 bridgehead atoms. The number of carboxylic acid groups (broad SMARTS) is 1. The molecule has 0 atom stereocenters. The van der Waals surface area contributed by atoms with Crippen molar-refractivity contribution in [3.63, 3.8) is 0 Å². The summed E-state index contributed by atoms with van der Waals surface area (Å²) in [5.41, 5.74) is 1.50. The number of carbonyl (C=O) groups is 2. The number of hydrogen-bond acceptors (Lipinski definition) is 3. The van der Waals surface area contributed by atoms with Crippen LogP contribution in [0.15, 0.2) is 30.3 Å². The highest BCUT2D eigenvalue weighted by Gasteiger charge is 2.13. The molecule has 1 aromatic heterocycles. The number of carbonyl (C=O) groups excluding carboxylic acids is 1. The number of aromatic carboxylic acids is 1. The van der Waals surface area contributed by atoms with Crippen LogP contribution in [0.3, 0.4) is 0 Å². The Bertz CT molecular complexity index is 664. The summed E-state index contributed by atoms with van der Waals surface area (Å²) in [6, 6.07) is 7.63. The summed E-state index contributed by atoms with van der Waals surface area (Å²) in [4.78, 5) is 23.0. The first-order valence-corrected chi connectivity index (χ1v) is 7.15. The summed E-state index contributed by atoms with van der Waals surface area (Å²) in [7, 11) is 0. The number of nitrogens with one attached hydrogen (secondary N) is 1. The van der Waals surface area contributed by atoms with Crippen molar-refractivity contribution in [3.05, 3.63) is 52.2 Å². The van der Waals surface area contributed by atoms with E-state index in [2.05, 4.69) is 5.32 Å². The topological polar surface area (TPSA) is 66.4 Å². The molecule has 21 heavy (non-hydrogen) atoms. The van der Waals surface area contributed by atoms with Gasteiger partial charge in [-0.25, -0.2) is 9.18 Å². The first kappa shape index (κ1) is 15.2. The SMILES string of the molecule is Cc1cc(NC(=O)CCc2ccc(F)cc2)sc1C(=O)O.